The van der Waals surface area contributed by atoms with Crippen molar-refractivity contribution in [1.82, 2.24) is 5.32 Å². The minimum absolute atomic E-state index is 0.0119. The number of halogens is 1. The van der Waals surface area contributed by atoms with E-state index in [1.165, 1.54) is 47.4 Å². The Hall–Kier alpha value is -2.71. The van der Waals surface area contributed by atoms with Crippen LogP contribution in [-0.4, -0.2) is 16.6 Å². The van der Waals surface area contributed by atoms with Gasteiger partial charge in [0.25, 0.3) is 5.69 Å². The molecule has 0 bridgehead atoms. The fourth-order valence-electron chi connectivity index (χ4n) is 2.45. The number of carbonyl (C=O) groups excluding carboxylic acids is 1. The zero-order valence-electron chi connectivity index (χ0n) is 14.0. The van der Waals surface area contributed by atoms with Crippen LogP contribution in [-0.2, 0) is 4.79 Å². The van der Waals surface area contributed by atoms with Gasteiger partial charge in [-0.3, -0.25) is 14.9 Å². The van der Waals surface area contributed by atoms with Gasteiger partial charge < -0.3 is 5.32 Å². The molecule has 0 saturated carbocycles. The number of nitrogens with one attached hydrogen (secondary N) is 1. The topological polar surface area (TPSA) is 72.2 Å². The normalized spacial score (nSPS) is 11.7. The zero-order chi connectivity index (χ0) is 19.2. The van der Waals surface area contributed by atoms with E-state index >= 15 is 0 Å². The van der Waals surface area contributed by atoms with Crippen molar-refractivity contribution in [2.45, 2.75) is 10.9 Å². The Morgan fingerprint density at radius 2 is 1.85 bits per heavy atom. The van der Waals surface area contributed by atoms with Crippen molar-refractivity contribution in [3.8, 4) is 0 Å². The molecule has 1 heterocycles. The van der Waals surface area contributed by atoms with E-state index < -0.39 is 4.92 Å². The number of rotatable bonds is 7. The number of nitro benzene ring substituents is 1. The summed E-state index contributed by atoms with van der Waals surface area (Å²) in [6, 6.07) is 15.6. The summed E-state index contributed by atoms with van der Waals surface area (Å²) in [4.78, 5) is 24.4. The summed E-state index contributed by atoms with van der Waals surface area (Å²) in [6.07, 6.45) is 0. The lowest BCUT2D eigenvalue weighted by molar-refractivity contribution is -0.384. The highest BCUT2D eigenvalue weighted by Gasteiger charge is 2.18. The van der Waals surface area contributed by atoms with E-state index in [2.05, 4.69) is 5.32 Å². The fourth-order valence-corrected chi connectivity index (χ4v) is 3.96. The van der Waals surface area contributed by atoms with Crippen molar-refractivity contribution in [3.05, 3.63) is 92.4 Å². The molecular weight excluding hydrogens is 387 g/mol. The highest BCUT2D eigenvalue weighted by molar-refractivity contribution is 8.00. The van der Waals surface area contributed by atoms with Crippen LogP contribution in [0.15, 0.2) is 70.9 Å². The Morgan fingerprint density at radius 3 is 2.44 bits per heavy atom. The van der Waals surface area contributed by atoms with Gasteiger partial charge in [-0.2, -0.15) is 0 Å². The highest BCUT2D eigenvalue weighted by atomic mass is 32.2. The SMILES string of the molecule is O=C(CSc1ccc([N+](=O)[O-])cc1)N[C@@H](c1ccc(F)cc1)c1cccs1. The number of benzene rings is 2. The van der Waals surface area contributed by atoms with Gasteiger partial charge in [0.1, 0.15) is 5.82 Å². The lowest BCUT2D eigenvalue weighted by Gasteiger charge is -2.18. The van der Waals surface area contributed by atoms with Crippen LogP contribution in [0.1, 0.15) is 16.5 Å². The fraction of sp³-hybridized carbons (Fsp3) is 0.105. The lowest BCUT2D eigenvalue weighted by atomic mass is 10.1. The van der Waals surface area contributed by atoms with Crippen molar-refractivity contribution in [3.63, 3.8) is 0 Å². The molecule has 0 radical (unpaired) electrons. The number of nitro groups is 1. The van der Waals surface area contributed by atoms with E-state index in [-0.39, 0.29) is 29.2 Å². The maximum atomic E-state index is 13.2. The van der Waals surface area contributed by atoms with Crippen LogP contribution in [0.5, 0.6) is 0 Å². The summed E-state index contributed by atoms with van der Waals surface area (Å²) < 4.78 is 13.2. The predicted octanol–water partition coefficient (Wildman–Crippen LogP) is 4.79. The van der Waals surface area contributed by atoms with Crippen LogP contribution in [0.4, 0.5) is 10.1 Å². The number of carbonyl (C=O) groups is 1. The largest absolute Gasteiger partial charge is 0.344 e. The summed E-state index contributed by atoms with van der Waals surface area (Å²) in [5, 5.41) is 15.6. The zero-order valence-corrected chi connectivity index (χ0v) is 15.6. The third kappa shape index (κ3) is 5.15. The Bertz CT molecular complexity index is 913. The second kappa shape index (κ2) is 8.79. The van der Waals surface area contributed by atoms with E-state index in [0.29, 0.717) is 0 Å². The summed E-state index contributed by atoms with van der Waals surface area (Å²) in [6.45, 7) is 0. The first kappa shape index (κ1) is 19.1. The molecule has 1 atom stereocenters. The van der Waals surface area contributed by atoms with Crippen molar-refractivity contribution in [1.29, 1.82) is 0 Å². The molecule has 0 spiro atoms. The first-order valence-electron chi connectivity index (χ1n) is 7.98. The molecule has 1 aromatic heterocycles. The second-order valence-corrected chi connectivity index (χ2v) is 7.64. The molecule has 27 heavy (non-hydrogen) atoms. The average Bonchev–Trinajstić information content (AvgIpc) is 3.20. The second-order valence-electron chi connectivity index (χ2n) is 5.61. The maximum Gasteiger partial charge on any atom is 0.269 e. The molecule has 0 aliphatic carbocycles. The Morgan fingerprint density at radius 1 is 1.15 bits per heavy atom. The average molecular weight is 402 g/mol. The molecule has 0 aliphatic heterocycles. The monoisotopic (exact) mass is 402 g/mol. The smallest absolute Gasteiger partial charge is 0.269 e. The summed E-state index contributed by atoms with van der Waals surface area (Å²) in [5.41, 5.74) is 0.811. The van der Waals surface area contributed by atoms with Crippen LogP contribution < -0.4 is 5.32 Å². The van der Waals surface area contributed by atoms with Crippen LogP contribution in [0.2, 0.25) is 0 Å². The van der Waals surface area contributed by atoms with Gasteiger partial charge in [-0.1, -0.05) is 18.2 Å². The Kier molecular flexibility index (Phi) is 6.20. The number of non-ortho nitro benzene ring substituents is 1. The maximum absolute atomic E-state index is 13.2. The third-order valence-electron chi connectivity index (χ3n) is 3.75. The van der Waals surface area contributed by atoms with E-state index in [1.807, 2.05) is 17.5 Å². The quantitative estimate of drug-likeness (QED) is 0.350. The molecule has 3 rings (SSSR count). The number of hydrogen-bond donors (Lipinski definition) is 1. The van der Waals surface area contributed by atoms with Gasteiger partial charge in [-0.05, 0) is 41.3 Å². The molecule has 138 valence electrons. The van der Waals surface area contributed by atoms with E-state index in [9.17, 15) is 19.3 Å². The summed E-state index contributed by atoms with van der Waals surface area (Å²) in [7, 11) is 0. The Balaban J connectivity index is 1.66. The molecule has 0 aliphatic rings. The molecular formula is C19H15FN2O3S2. The first-order chi connectivity index (χ1) is 13.0. The number of nitrogens with zero attached hydrogens (tertiary/aromatic N) is 1. The number of amides is 1. The molecule has 5 nitrogen and oxygen atoms in total. The molecule has 0 saturated heterocycles. The van der Waals surface area contributed by atoms with Gasteiger partial charge in [-0.15, -0.1) is 23.1 Å². The molecule has 8 heteroatoms. The van der Waals surface area contributed by atoms with Crippen molar-refractivity contribution in [2.24, 2.45) is 0 Å². The summed E-state index contributed by atoms with van der Waals surface area (Å²) in [5.74, 6) is -0.342. The number of hydrogen-bond acceptors (Lipinski definition) is 5. The first-order valence-corrected chi connectivity index (χ1v) is 9.85. The van der Waals surface area contributed by atoms with E-state index in [4.69, 9.17) is 0 Å². The van der Waals surface area contributed by atoms with Gasteiger partial charge in [0.05, 0.1) is 16.7 Å². The van der Waals surface area contributed by atoms with Gasteiger partial charge in [0.15, 0.2) is 0 Å². The molecule has 0 unspecified atom stereocenters. The van der Waals surface area contributed by atoms with Gasteiger partial charge in [-0.25, -0.2) is 4.39 Å². The highest BCUT2D eigenvalue weighted by Crippen LogP contribution is 2.27. The van der Waals surface area contributed by atoms with Crippen LogP contribution in [0.3, 0.4) is 0 Å². The number of thiophene rings is 1. The van der Waals surface area contributed by atoms with E-state index in [1.54, 1.807) is 24.3 Å². The lowest BCUT2D eigenvalue weighted by Crippen LogP contribution is -2.30. The third-order valence-corrected chi connectivity index (χ3v) is 5.70. The van der Waals surface area contributed by atoms with Crippen LogP contribution >= 0.6 is 23.1 Å². The Labute approximate surface area is 163 Å². The van der Waals surface area contributed by atoms with Gasteiger partial charge in [0, 0.05) is 21.9 Å². The minimum Gasteiger partial charge on any atom is -0.344 e. The standard InChI is InChI=1S/C19H15FN2O3S2/c20-14-5-3-13(4-6-14)19(17-2-1-11-26-17)21-18(23)12-27-16-9-7-15(8-10-16)22(24)25/h1-11,19H,12H2,(H,21,23)/t19-/m0/s1. The van der Waals surface area contributed by atoms with Crippen LogP contribution in [0.25, 0.3) is 0 Å². The molecule has 2 aromatic carbocycles. The van der Waals surface area contributed by atoms with Crippen molar-refractivity contribution in [2.75, 3.05) is 5.75 Å². The van der Waals surface area contributed by atoms with Gasteiger partial charge >= 0.3 is 0 Å². The predicted molar refractivity (Wildman–Crippen MR) is 105 cm³/mol. The van der Waals surface area contributed by atoms with Gasteiger partial charge in [0.2, 0.25) is 5.91 Å². The number of thioether (sulfide) groups is 1. The van der Waals surface area contributed by atoms with Crippen molar-refractivity contribution >= 4 is 34.7 Å². The summed E-state index contributed by atoms with van der Waals surface area (Å²) >= 11 is 2.81. The molecule has 0 fully saturated rings. The van der Waals surface area contributed by atoms with E-state index in [0.717, 1.165) is 15.3 Å². The van der Waals surface area contributed by atoms with Crippen LogP contribution in [0, 0.1) is 15.9 Å². The molecule has 1 amide bonds. The van der Waals surface area contributed by atoms with Crippen molar-refractivity contribution < 1.29 is 14.1 Å². The molecule has 3 aromatic rings. The minimum atomic E-state index is -0.463. The molecule has 1 N–H and O–H groups in total.